The van der Waals surface area contributed by atoms with Gasteiger partial charge in [-0.15, -0.1) is 0 Å². The molecule has 6 nitrogen and oxygen atoms in total. The Labute approximate surface area is 164 Å². The molecular formula is C22H24N2O4. The third kappa shape index (κ3) is 4.70. The topological polar surface area (TPSA) is 76.6 Å². The Morgan fingerprint density at radius 1 is 1.04 bits per heavy atom. The number of aromatic nitrogens is 1. The molecule has 6 heteroatoms. The third-order valence-corrected chi connectivity index (χ3v) is 5.12. The number of Topliss-reactive ketones (excluding diaryl/α,β-unsaturated/α-hetero) is 2. The molecule has 1 saturated heterocycles. The van der Waals surface area contributed by atoms with Gasteiger partial charge in [-0.3, -0.25) is 9.59 Å². The van der Waals surface area contributed by atoms with Crippen molar-refractivity contribution < 1.29 is 19.1 Å². The van der Waals surface area contributed by atoms with Gasteiger partial charge in [0.2, 0.25) is 0 Å². The molecular weight excluding hydrogens is 356 g/mol. The molecule has 0 saturated carbocycles. The number of hydrogen-bond donors (Lipinski definition) is 0. The number of piperidine rings is 1. The number of benzene rings is 1. The minimum absolute atomic E-state index is 0.000479. The van der Waals surface area contributed by atoms with Crippen LogP contribution in [0.2, 0.25) is 0 Å². The van der Waals surface area contributed by atoms with Gasteiger partial charge >= 0.3 is 5.97 Å². The van der Waals surface area contributed by atoms with Gasteiger partial charge in [-0.25, -0.2) is 9.78 Å². The van der Waals surface area contributed by atoms with Gasteiger partial charge in [0.25, 0.3) is 0 Å². The van der Waals surface area contributed by atoms with Gasteiger partial charge in [0.1, 0.15) is 5.69 Å². The monoisotopic (exact) mass is 380 g/mol. The van der Waals surface area contributed by atoms with Crippen LogP contribution in [0.1, 0.15) is 49.7 Å². The summed E-state index contributed by atoms with van der Waals surface area (Å²) in [5.41, 5.74) is 1.88. The molecule has 1 aromatic heterocycles. The van der Waals surface area contributed by atoms with E-state index < -0.39 is 5.97 Å². The average Bonchev–Trinajstić information content (AvgIpc) is 2.73. The summed E-state index contributed by atoms with van der Waals surface area (Å²) >= 11 is 0. The van der Waals surface area contributed by atoms with E-state index in [4.69, 9.17) is 0 Å². The highest BCUT2D eigenvalue weighted by molar-refractivity contribution is 5.99. The molecule has 1 fully saturated rings. The van der Waals surface area contributed by atoms with E-state index in [1.807, 2.05) is 0 Å². The lowest BCUT2D eigenvalue weighted by atomic mass is 9.91. The van der Waals surface area contributed by atoms with Gasteiger partial charge in [-0.05, 0) is 57.2 Å². The molecule has 1 aromatic carbocycles. The van der Waals surface area contributed by atoms with Crippen molar-refractivity contribution in [1.82, 2.24) is 9.88 Å². The van der Waals surface area contributed by atoms with Crippen LogP contribution in [0.4, 0.5) is 0 Å². The maximum atomic E-state index is 12.7. The third-order valence-electron chi connectivity index (χ3n) is 5.12. The molecule has 2 heterocycles. The van der Waals surface area contributed by atoms with Gasteiger partial charge in [-0.1, -0.05) is 18.2 Å². The van der Waals surface area contributed by atoms with Crippen LogP contribution in [0.3, 0.4) is 0 Å². The Morgan fingerprint density at radius 2 is 1.68 bits per heavy atom. The summed E-state index contributed by atoms with van der Waals surface area (Å²) in [6.45, 7) is 1.83. The molecule has 0 spiro atoms. The predicted octanol–water partition coefficient (Wildman–Crippen LogP) is 2.82. The standard InChI is InChI=1S/C22H24N2O4/c1-24-12-10-16(11-13-24)21(26)19-5-3-4-18(23-19)14-20(25)15-6-8-17(9-7-15)22(27)28-2/h3-9,16H,10-14H2,1-2H3. The van der Waals surface area contributed by atoms with E-state index in [1.54, 1.807) is 42.5 Å². The van der Waals surface area contributed by atoms with Crippen LogP contribution in [-0.2, 0) is 11.2 Å². The van der Waals surface area contributed by atoms with Crippen LogP contribution >= 0.6 is 0 Å². The molecule has 0 atom stereocenters. The van der Waals surface area contributed by atoms with Crippen molar-refractivity contribution in [2.45, 2.75) is 19.3 Å². The molecule has 0 radical (unpaired) electrons. The molecule has 3 rings (SSSR count). The number of carbonyl (C=O) groups excluding carboxylic acids is 3. The van der Waals surface area contributed by atoms with E-state index in [1.165, 1.54) is 7.11 Å². The Balaban J connectivity index is 1.67. The van der Waals surface area contributed by atoms with Crippen molar-refractivity contribution >= 4 is 17.5 Å². The SMILES string of the molecule is COC(=O)c1ccc(C(=O)Cc2cccc(C(=O)C3CCN(C)CC3)n2)cc1. The molecule has 0 aliphatic carbocycles. The molecule has 146 valence electrons. The fourth-order valence-electron chi connectivity index (χ4n) is 3.37. The van der Waals surface area contributed by atoms with Crippen LogP contribution in [-0.4, -0.2) is 54.7 Å². The van der Waals surface area contributed by atoms with Crippen LogP contribution in [0, 0.1) is 5.92 Å². The number of rotatable bonds is 6. The molecule has 0 bridgehead atoms. The second kappa shape index (κ2) is 8.89. The lowest BCUT2D eigenvalue weighted by Gasteiger charge is -2.27. The van der Waals surface area contributed by atoms with Crippen LogP contribution in [0.25, 0.3) is 0 Å². The summed E-state index contributed by atoms with van der Waals surface area (Å²) in [5.74, 6) is -0.501. The Bertz CT molecular complexity index is 868. The zero-order valence-corrected chi connectivity index (χ0v) is 16.2. The van der Waals surface area contributed by atoms with Crippen molar-refractivity contribution in [2.24, 2.45) is 5.92 Å². The summed E-state index contributed by atoms with van der Waals surface area (Å²) < 4.78 is 4.66. The molecule has 28 heavy (non-hydrogen) atoms. The number of carbonyl (C=O) groups is 3. The van der Waals surface area contributed by atoms with E-state index in [0.29, 0.717) is 22.5 Å². The van der Waals surface area contributed by atoms with Gasteiger partial charge < -0.3 is 9.64 Å². The predicted molar refractivity (Wildman–Crippen MR) is 105 cm³/mol. The smallest absolute Gasteiger partial charge is 0.337 e. The van der Waals surface area contributed by atoms with Gasteiger partial charge in [0.15, 0.2) is 11.6 Å². The molecule has 0 N–H and O–H groups in total. The van der Waals surface area contributed by atoms with Gasteiger partial charge in [0.05, 0.1) is 19.1 Å². The van der Waals surface area contributed by atoms with E-state index in [2.05, 4.69) is 21.7 Å². The molecule has 2 aromatic rings. The highest BCUT2D eigenvalue weighted by Gasteiger charge is 2.25. The lowest BCUT2D eigenvalue weighted by molar-refractivity contribution is 0.0600. The van der Waals surface area contributed by atoms with E-state index in [0.717, 1.165) is 25.9 Å². The fraction of sp³-hybridized carbons (Fsp3) is 0.364. The normalized spacial score (nSPS) is 15.2. The first-order chi connectivity index (χ1) is 13.5. The van der Waals surface area contributed by atoms with Crippen molar-refractivity contribution in [3.05, 3.63) is 65.0 Å². The number of hydrogen-bond acceptors (Lipinski definition) is 6. The van der Waals surface area contributed by atoms with Crippen molar-refractivity contribution in [3.8, 4) is 0 Å². The number of likely N-dealkylation sites (tertiary alicyclic amines) is 1. The minimum Gasteiger partial charge on any atom is -0.465 e. The van der Waals surface area contributed by atoms with E-state index in [-0.39, 0.29) is 23.9 Å². The average molecular weight is 380 g/mol. The number of nitrogens with zero attached hydrogens (tertiary/aromatic N) is 2. The zero-order chi connectivity index (χ0) is 20.1. The highest BCUT2D eigenvalue weighted by Crippen LogP contribution is 2.20. The fourth-order valence-corrected chi connectivity index (χ4v) is 3.37. The maximum Gasteiger partial charge on any atom is 0.337 e. The second-order valence-electron chi connectivity index (χ2n) is 7.12. The number of ketones is 2. The summed E-state index contributed by atoms with van der Waals surface area (Å²) in [5, 5.41) is 0. The highest BCUT2D eigenvalue weighted by atomic mass is 16.5. The summed E-state index contributed by atoms with van der Waals surface area (Å²) in [7, 11) is 3.37. The van der Waals surface area contributed by atoms with Crippen LogP contribution in [0.15, 0.2) is 42.5 Å². The molecule has 0 amide bonds. The summed E-state index contributed by atoms with van der Waals surface area (Å²) in [6.07, 6.45) is 1.78. The summed E-state index contributed by atoms with van der Waals surface area (Å²) in [4.78, 5) is 43.4. The number of ether oxygens (including phenoxy) is 1. The number of methoxy groups -OCH3 is 1. The number of pyridine rings is 1. The first-order valence-corrected chi connectivity index (χ1v) is 9.38. The van der Waals surface area contributed by atoms with Crippen LogP contribution in [0.5, 0.6) is 0 Å². The van der Waals surface area contributed by atoms with Crippen molar-refractivity contribution in [3.63, 3.8) is 0 Å². The molecule has 1 aliphatic heterocycles. The molecule has 1 aliphatic rings. The first kappa shape index (κ1) is 19.9. The second-order valence-corrected chi connectivity index (χ2v) is 7.12. The van der Waals surface area contributed by atoms with E-state index >= 15 is 0 Å². The minimum atomic E-state index is -0.444. The Morgan fingerprint density at radius 3 is 2.32 bits per heavy atom. The van der Waals surface area contributed by atoms with Crippen molar-refractivity contribution in [1.29, 1.82) is 0 Å². The summed E-state index contributed by atoms with van der Waals surface area (Å²) in [6, 6.07) is 11.6. The van der Waals surface area contributed by atoms with Gasteiger partial charge in [-0.2, -0.15) is 0 Å². The first-order valence-electron chi connectivity index (χ1n) is 9.38. The zero-order valence-electron chi connectivity index (χ0n) is 16.2. The Hall–Kier alpha value is -2.86. The Kier molecular flexibility index (Phi) is 6.31. The molecule has 0 unspecified atom stereocenters. The van der Waals surface area contributed by atoms with E-state index in [9.17, 15) is 14.4 Å². The number of esters is 1. The van der Waals surface area contributed by atoms with Crippen LogP contribution < -0.4 is 0 Å². The van der Waals surface area contributed by atoms with Crippen molar-refractivity contribution in [2.75, 3.05) is 27.2 Å². The quantitative estimate of drug-likeness (QED) is 0.567. The largest absolute Gasteiger partial charge is 0.465 e. The van der Waals surface area contributed by atoms with Gasteiger partial charge in [0, 0.05) is 17.2 Å². The maximum absolute atomic E-state index is 12.7. The lowest BCUT2D eigenvalue weighted by Crippen LogP contribution is -2.33.